The number of hydrogen-bond acceptors (Lipinski definition) is 2. The third-order valence-electron chi connectivity index (χ3n) is 4.43. The lowest BCUT2D eigenvalue weighted by Crippen LogP contribution is -2.34. The Balaban J connectivity index is 1.85. The van der Waals surface area contributed by atoms with Gasteiger partial charge in [0.2, 0.25) is 0 Å². The van der Waals surface area contributed by atoms with Crippen LogP contribution in [0.1, 0.15) is 56.7 Å². The molecular formula is C18H29NO. The third-order valence-corrected chi connectivity index (χ3v) is 4.43. The highest BCUT2D eigenvalue weighted by molar-refractivity contribution is 5.25. The van der Waals surface area contributed by atoms with Gasteiger partial charge in [-0.3, -0.25) is 0 Å². The second-order valence-electron chi connectivity index (χ2n) is 5.98. The first-order chi connectivity index (χ1) is 9.76. The van der Waals surface area contributed by atoms with E-state index in [9.17, 15) is 0 Å². The number of nitrogens with one attached hydrogen (secondary N) is 1. The van der Waals surface area contributed by atoms with E-state index in [0.717, 1.165) is 12.5 Å². The van der Waals surface area contributed by atoms with Gasteiger partial charge in [-0.1, -0.05) is 37.6 Å². The van der Waals surface area contributed by atoms with E-state index < -0.39 is 0 Å². The fourth-order valence-electron chi connectivity index (χ4n) is 3.20. The molecule has 2 rings (SSSR count). The zero-order chi connectivity index (χ0) is 14.4. The summed E-state index contributed by atoms with van der Waals surface area (Å²) in [6.45, 7) is 5.17. The first-order valence-electron chi connectivity index (χ1n) is 8.14. The van der Waals surface area contributed by atoms with Crippen LogP contribution in [0.15, 0.2) is 24.3 Å². The van der Waals surface area contributed by atoms with Gasteiger partial charge in [0.25, 0.3) is 0 Å². The molecule has 1 unspecified atom stereocenters. The molecule has 0 bridgehead atoms. The summed E-state index contributed by atoms with van der Waals surface area (Å²) in [7, 11) is 2.07. The summed E-state index contributed by atoms with van der Waals surface area (Å²) in [4.78, 5) is 0. The molecule has 0 radical (unpaired) electrons. The van der Waals surface area contributed by atoms with E-state index in [2.05, 4.69) is 50.5 Å². The molecule has 0 amide bonds. The van der Waals surface area contributed by atoms with Crippen molar-refractivity contribution in [2.45, 2.75) is 58.1 Å². The van der Waals surface area contributed by atoms with Crippen LogP contribution in [0, 0.1) is 5.92 Å². The molecule has 0 aromatic heterocycles. The Bertz CT molecular complexity index is 381. The van der Waals surface area contributed by atoms with E-state index in [1.807, 2.05) is 0 Å². The zero-order valence-electron chi connectivity index (χ0n) is 13.2. The van der Waals surface area contributed by atoms with E-state index in [1.165, 1.54) is 43.2 Å². The second-order valence-corrected chi connectivity index (χ2v) is 5.98. The van der Waals surface area contributed by atoms with E-state index in [-0.39, 0.29) is 0 Å². The number of aryl methyl sites for hydroxylation is 1. The molecule has 1 fully saturated rings. The third kappa shape index (κ3) is 4.07. The van der Waals surface area contributed by atoms with Crippen molar-refractivity contribution in [1.29, 1.82) is 0 Å². The first kappa shape index (κ1) is 15.5. The molecular weight excluding hydrogens is 246 g/mol. The minimum absolute atomic E-state index is 0.484. The summed E-state index contributed by atoms with van der Waals surface area (Å²) in [5.74, 6) is 0.819. The predicted molar refractivity (Wildman–Crippen MR) is 85.0 cm³/mol. The molecule has 0 saturated heterocycles. The minimum Gasteiger partial charge on any atom is -0.378 e. The van der Waals surface area contributed by atoms with E-state index in [1.54, 1.807) is 0 Å². The van der Waals surface area contributed by atoms with Crippen LogP contribution in [0.4, 0.5) is 0 Å². The lowest BCUT2D eigenvalue weighted by molar-refractivity contribution is -0.0289. The van der Waals surface area contributed by atoms with Crippen molar-refractivity contribution >= 4 is 0 Å². The molecule has 1 aliphatic carbocycles. The Morgan fingerprint density at radius 1 is 1.20 bits per heavy atom. The van der Waals surface area contributed by atoms with E-state index in [4.69, 9.17) is 4.74 Å². The molecule has 0 aliphatic heterocycles. The monoisotopic (exact) mass is 275 g/mol. The smallest absolute Gasteiger partial charge is 0.0580 e. The zero-order valence-corrected chi connectivity index (χ0v) is 13.2. The van der Waals surface area contributed by atoms with Crippen LogP contribution in [0.2, 0.25) is 0 Å². The van der Waals surface area contributed by atoms with Crippen LogP contribution >= 0.6 is 0 Å². The molecule has 0 heterocycles. The highest BCUT2D eigenvalue weighted by Crippen LogP contribution is 2.36. The van der Waals surface area contributed by atoms with Gasteiger partial charge in [0.05, 0.1) is 6.10 Å². The van der Waals surface area contributed by atoms with Crippen molar-refractivity contribution < 1.29 is 4.74 Å². The Labute approximate surface area is 123 Å². The van der Waals surface area contributed by atoms with Crippen LogP contribution in [0.3, 0.4) is 0 Å². The van der Waals surface area contributed by atoms with Crippen molar-refractivity contribution in [3.63, 3.8) is 0 Å². The molecule has 112 valence electrons. The molecule has 2 nitrogen and oxygen atoms in total. The average Bonchev–Trinajstić information content (AvgIpc) is 2.43. The topological polar surface area (TPSA) is 21.3 Å². The van der Waals surface area contributed by atoms with Gasteiger partial charge in [-0.2, -0.15) is 0 Å². The molecule has 0 spiro atoms. The summed E-state index contributed by atoms with van der Waals surface area (Å²) in [5, 5.41) is 3.47. The summed E-state index contributed by atoms with van der Waals surface area (Å²) in [5.41, 5.74) is 2.87. The van der Waals surface area contributed by atoms with Crippen LogP contribution in [-0.4, -0.2) is 19.8 Å². The van der Waals surface area contributed by atoms with Crippen LogP contribution in [0.5, 0.6) is 0 Å². The maximum absolute atomic E-state index is 5.65. The minimum atomic E-state index is 0.484. The Morgan fingerprint density at radius 2 is 1.90 bits per heavy atom. The summed E-state index contributed by atoms with van der Waals surface area (Å²) >= 11 is 0. The van der Waals surface area contributed by atoms with Crippen molar-refractivity contribution in [2.24, 2.45) is 5.92 Å². The Hall–Kier alpha value is -0.860. The SMILES string of the molecule is CCCc1ccc(C(CC2CC(OCC)C2)NC)cc1. The van der Waals surface area contributed by atoms with Crippen molar-refractivity contribution in [2.75, 3.05) is 13.7 Å². The Morgan fingerprint density at radius 3 is 2.45 bits per heavy atom. The fraction of sp³-hybridized carbons (Fsp3) is 0.667. The lowest BCUT2D eigenvalue weighted by Gasteiger charge is -2.37. The second kappa shape index (κ2) is 7.80. The molecule has 1 aromatic carbocycles. The number of ether oxygens (including phenoxy) is 1. The van der Waals surface area contributed by atoms with Crippen LogP contribution < -0.4 is 5.32 Å². The molecule has 1 N–H and O–H groups in total. The maximum atomic E-state index is 5.65. The quantitative estimate of drug-likeness (QED) is 0.771. The van der Waals surface area contributed by atoms with Crippen LogP contribution in [0.25, 0.3) is 0 Å². The standard InChI is InChI=1S/C18H29NO/c1-4-6-14-7-9-16(10-8-14)18(19-3)13-15-11-17(12-15)20-5-2/h7-10,15,17-19H,4-6,11-13H2,1-3H3. The number of hydrogen-bond donors (Lipinski definition) is 1. The van der Waals surface area contributed by atoms with Gasteiger partial charge >= 0.3 is 0 Å². The lowest BCUT2D eigenvalue weighted by atomic mass is 9.77. The number of benzene rings is 1. The fourth-order valence-corrected chi connectivity index (χ4v) is 3.20. The van der Waals surface area contributed by atoms with E-state index >= 15 is 0 Å². The molecule has 2 heteroatoms. The van der Waals surface area contributed by atoms with Crippen molar-refractivity contribution in [3.05, 3.63) is 35.4 Å². The normalized spacial score (nSPS) is 23.4. The van der Waals surface area contributed by atoms with Crippen LogP contribution in [-0.2, 0) is 11.2 Å². The molecule has 1 saturated carbocycles. The van der Waals surface area contributed by atoms with Crippen molar-refractivity contribution in [3.8, 4) is 0 Å². The number of rotatable bonds is 8. The molecule has 1 aliphatic rings. The average molecular weight is 275 g/mol. The van der Waals surface area contributed by atoms with Gasteiger partial charge in [-0.25, -0.2) is 0 Å². The van der Waals surface area contributed by atoms with Crippen molar-refractivity contribution in [1.82, 2.24) is 5.32 Å². The molecule has 20 heavy (non-hydrogen) atoms. The largest absolute Gasteiger partial charge is 0.378 e. The summed E-state index contributed by atoms with van der Waals surface area (Å²) in [6, 6.07) is 9.65. The predicted octanol–water partition coefficient (Wildman–Crippen LogP) is 4.10. The maximum Gasteiger partial charge on any atom is 0.0580 e. The van der Waals surface area contributed by atoms with Gasteiger partial charge in [-0.15, -0.1) is 0 Å². The van der Waals surface area contributed by atoms with Gasteiger partial charge in [0.1, 0.15) is 0 Å². The van der Waals surface area contributed by atoms with Gasteiger partial charge < -0.3 is 10.1 Å². The van der Waals surface area contributed by atoms with Gasteiger partial charge in [0.15, 0.2) is 0 Å². The summed E-state index contributed by atoms with van der Waals surface area (Å²) in [6.07, 6.45) is 6.63. The first-order valence-corrected chi connectivity index (χ1v) is 8.14. The highest BCUT2D eigenvalue weighted by atomic mass is 16.5. The highest BCUT2D eigenvalue weighted by Gasteiger charge is 2.31. The molecule has 1 atom stereocenters. The van der Waals surface area contributed by atoms with Gasteiger partial charge in [-0.05, 0) is 56.7 Å². The Kier molecular flexibility index (Phi) is 6.06. The van der Waals surface area contributed by atoms with Gasteiger partial charge in [0, 0.05) is 12.6 Å². The summed E-state index contributed by atoms with van der Waals surface area (Å²) < 4.78 is 5.65. The molecule has 1 aromatic rings. The van der Waals surface area contributed by atoms with E-state index in [0.29, 0.717) is 12.1 Å².